The minimum atomic E-state index is -3.54. The number of aromatic nitrogens is 1. The molecule has 1 fully saturated rings. The topological polar surface area (TPSA) is 85.1 Å². The zero-order valence-electron chi connectivity index (χ0n) is 12.1. The van der Waals surface area contributed by atoms with Gasteiger partial charge in [-0.1, -0.05) is 32.0 Å². The predicted molar refractivity (Wildman–Crippen MR) is 86.5 cm³/mol. The highest BCUT2D eigenvalue weighted by Gasteiger charge is 2.33. The predicted octanol–water partition coefficient (Wildman–Crippen LogP) is 1.96. The molecule has 0 radical (unpaired) electrons. The van der Waals surface area contributed by atoms with Crippen molar-refractivity contribution in [3.05, 3.63) is 24.0 Å². The Balaban J connectivity index is 2.09. The van der Waals surface area contributed by atoms with Crippen LogP contribution in [-0.2, 0) is 10.0 Å². The van der Waals surface area contributed by atoms with Crippen LogP contribution in [-0.4, -0.2) is 24.9 Å². The van der Waals surface area contributed by atoms with Gasteiger partial charge in [-0.3, -0.25) is 4.98 Å². The van der Waals surface area contributed by atoms with Crippen LogP contribution in [0.5, 0.6) is 0 Å². The van der Waals surface area contributed by atoms with Gasteiger partial charge in [-0.25, -0.2) is 13.1 Å². The van der Waals surface area contributed by atoms with E-state index >= 15 is 0 Å². The quantitative estimate of drug-likeness (QED) is 0.780. The van der Waals surface area contributed by atoms with Crippen LogP contribution in [0.2, 0.25) is 0 Å². The van der Waals surface area contributed by atoms with Crippen molar-refractivity contribution in [3.8, 4) is 0 Å². The van der Waals surface area contributed by atoms with Crippen molar-refractivity contribution < 1.29 is 8.42 Å². The Hall–Kier alpha value is -1.05. The van der Waals surface area contributed by atoms with Crippen LogP contribution < -0.4 is 10.5 Å². The molecule has 1 aromatic rings. The Morgan fingerprint density at radius 1 is 1.43 bits per heavy atom. The second kappa shape index (κ2) is 6.37. The lowest BCUT2D eigenvalue weighted by atomic mass is 9.84. The van der Waals surface area contributed by atoms with Crippen molar-refractivity contribution in [1.29, 1.82) is 0 Å². The van der Waals surface area contributed by atoms with E-state index in [4.69, 9.17) is 18.0 Å². The number of sulfonamides is 1. The normalized spacial score (nSPS) is 17.8. The molecule has 1 saturated carbocycles. The van der Waals surface area contributed by atoms with Gasteiger partial charge in [0.1, 0.15) is 9.88 Å². The fourth-order valence-corrected chi connectivity index (χ4v) is 4.02. The first kappa shape index (κ1) is 16.3. The van der Waals surface area contributed by atoms with Crippen LogP contribution in [0.3, 0.4) is 0 Å². The fraction of sp³-hybridized carbons (Fsp3) is 0.571. The number of nitrogens with one attached hydrogen (secondary N) is 1. The van der Waals surface area contributed by atoms with Gasteiger partial charge in [0.05, 0.1) is 5.69 Å². The first-order valence-corrected chi connectivity index (χ1v) is 9.03. The molecule has 1 aliphatic rings. The van der Waals surface area contributed by atoms with E-state index in [0.717, 1.165) is 19.3 Å². The summed E-state index contributed by atoms with van der Waals surface area (Å²) in [6, 6.07) is 3.01. The molecule has 21 heavy (non-hydrogen) atoms. The van der Waals surface area contributed by atoms with E-state index in [1.807, 2.05) is 0 Å². The van der Waals surface area contributed by atoms with Crippen LogP contribution in [0.15, 0.2) is 23.2 Å². The monoisotopic (exact) mass is 327 g/mol. The average molecular weight is 327 g/mol. The minimum absolute atomic E-state index is 0.110. The van der Waals surface area contributed by atoms with E-state index in [1.165, 1.54) is 31.2 Å². The van der Waals surface area contributed by atoms with E-state index in [-0.39, 0.29) is 15.3 Å². The minimum Gasteiger partial charge on any atom is -0.388 e. The molecule has 0 aliphatic heterocycles. The summed E-state index contributed by atoms with van der Waals surface area (Å²) in [5, 5.41) is 0. The zero-order chi connectivity index (χ0) is 15.5. The van der Waals surface area contributed by atoms with Gasteiger partial charge < -0.3 is 5.73 Å². The molecular weight excluding hydrogens is 306 g/mol. The largest absolute Gasteiger partial charge is 0.388 e. The first-order chi connectivity index (χ1) is 9.88. The maximum Gasteiger partial charge on any atom is 0.242 e. The van der Waals surface area contributed by atoms with Gasteiger partial charge in [0.25, 0.3) is 0 Å². The highest BCUT2D eigenvalue weighted by atomic mass is 32.2. The third-order valence-electron chi connectivity index (χ3n) is 4.35. The number of hydrogen-bond donors (Lipinski definition) is 2. The Bertz CT molecular complexity index is 606. The summed E-state index contributed by atoms with van der Waals surface area (Å²) in [7, 11) is -3.54. The van der Waals surface area contributed by atoms with E-state index in [9.17, 15) is 8.42 Å². The Kier molecular flexibility index (Phi) is 4.95. The lowest BCUT2D eigenvalue weighted by Crippen LogP contribution is -2.35. The van der Waals surface area contributed by atoms with Crippen molar-refractivity contribution in [1.82, 2.24) is 9.71 Å². The molecular formula is C14H21N3O2S2. The van der Waals surface area contributed by atoms with Crippen LogP contribution in [0.4, 0.5) is 0 Å². The molecule has 116 valence electrons. The van der Waals surface area contributed by atoms with Crippen molar-refractivity contribution >= 4 is 27.2 Å². The van der Waals surface area contributed by atoms with Gasteiger partial charge >= 0.3 is 0 Å². The number of nitrogens with zero attached hydrogens (tertiary/aromatic N) is 1. The molecule has 0 atom stereocenters. The molecule has 2 rings (SSSR count). The van der Waals surface area contributed by atoms with Crippen LogP contribution >= 0.6 is 12.2 Å². The molecule has 7 heteroatoms. The summed E-state index contributed by atoms with van der Waals surface area (Å²) in [4.78, 5) is 4.28. The van der Waals surface area contributed by atoms with Crippen molar-refractivity contribution in [2.75, 3.05) is 6.54 Å². The number of nitrogens with two attached hydrogens (primary N) is 1. The van der Waals surface area contributed by atoms with E-state index < -0.39 is 10.0 Å². The zero-order valence-corrected chi connectivity index (χ0v) is 13.8. The van der Waals surface area contributed by atoms with Crippen molar-refractivity contribution in [2.24, 2.45) is 11.1 Å². The highest BCUT2D eigenvalue weighted by molar-refractivity contribution is 7.89. The van der Waals surface area contributed by atoms with E-state index in [0.29, 0.717) is 12.2 Å². The van der Waals surface area contributed by atoms with Crippen molar-refractivity contribution in [3.63, 3.8) is 0 Å². The van der Waals surface area contributed by atoms with Gasteiger partial charge in [-0.15, -0.1) is 0 Å². The number of thiocarbonyl (C=S) groups is 1. The Labute approximate surface area is 131 Å². The maximum absolute atomic E-state index is 12.3. The summed E-state index contributed by atoms with van der Waals surface area (Å²) in [6.07, 6.45) is 6.83. The summed E-state index contributed by atoms with van der Waals surface area (Å²) < 4.78 is 27.4. The lowest BCUT2D eigenvalue weighted by Gasteiger charge is -2.27. The van der Waals surface area contributed by atoms with E-state index in [2.05, 4.69) is 16.6 Å². The SMILES string of the molecule is CCC1(CNS(=O)(=O)c2ccc(C(N)=S)nc2)CCCC1. The second-order valence-corrected chi connectivity index (χ2v) is 7.84. The molecule has 0 bridgehead atoms. The molecule has 0 aromatic carbocycles. The average Bonchev–Trinajstić information content (AvgIpc) is 2.95. The van der Waals surface area contributed by atoms with E-state index in [1.54, 1.807) is 0 Å². The van der Waals surface area contributed by atoms with Gasteiger partial charge in [0.2, 0.25) is 10.0 Å². The van der Waals surface area contributed by atoms with Crippen LogP contribution in [0, 0.1) is 5.41 Å². The number of rotatable bonds is 6. The standard InChI is InChI=1S/C14H21N3O2S2/c1-2-14(7-3-4-8-14)10-17-21(18,19)11-5-6-12(13(15)20)16-9-11/h5-6,9,17H,2-4,7-8,10H2,1H3,(H2,15,20). The summed E-state index contributed by atoms with van der Waals surface area (Å²) >= 11 is 4.80. The van der Waals surface area contributed by atoms with Crippen LogP contribution in [0.1, 0.15) is 44.7 Å². The summed E-state index contributed by atoms with van der Waals surface area (Å²) in [5.41, 5.74) is 5.98. The van der Waals surface area contributed by atoms with Gasteiger partial charge in [0, 0.05) is 12.7 Å². The molecule has 3 N–H and O–H groups in total. The summed E-state index contributed by atoms with van der Waals surface area (Å²) in [6.45, 7) is 2.61. The third-order valence-corrected chi connectivity index (χ3v) is 5.95. The fourth-order valence-electron chi connectivity index (χ4n) is 2.80. The highest BCUT2D eigenvalue weighted by Crippen LogP contribution is 2.40. The molecule has 1 aliphatic carbocycles. The van der Waals surface area contributed by atoms with Crippen LogP contribution in [0.25, 0.3) is 0 Å². The molecule has 0 spiro atoms. The molecule has 5 nitrogen and oxygen atoms in total. The van der Waals surface area contributed by atoms with Gasteiger partial charge in [0.15, 0.2) is 0 Å². The second-order valence-electron chi connectivity index (χ2n) is 5.63. The molecule has 1 heterocycles. The summed E-state index contributed by atoms with van der Waals surface area (Å²) in [5.74, 6) is 0. The molecule has 0 amide bonds. The molecule has 0 unspecified atom stereocenters. The number of pyridine rings is 1. The lowest BCUT2D eigenvalue weighted by molar-refractivity contribution is 0.285. The molecule has 1 aromatic heterocycles. The first-order valence-electron chi connectivity index (χ1n) is 7.14. The van der Waals surface area contributed by atoms with Gasteiger partial charge in [-0.05, 0) is 36.8 Å². The Morgan fingerprint density at radius 2 is 2.10 bits per heavy atom. The number of hydrogen-bond acceptors (Lipinski definition) is 4. The maximum atomic E-state index is 12.3. The smallest absolute Gasteiger partial charge is 0.242 e. The van der Waals surface area contributed by atoms with Gasteiger partial charge in [-0.2, -0.15) is 0 Å². The Morgan fingerprint density at radius 3 is 2.57 bits per heavy atom. The third kappa shape index (κ3) is 3.78. The molecule has 0 saturated heterocycles. The van der Waals surface area contributed by atoms with Crippen molar-refractivity contribution in [2.45, 2.75) is 43.9 Å².